The standard InChI is InChI=1S/C12H18O5/c1-11(2)14-6-5-7-10(8(13)9(6)16-11)17-12(3,4)15-7/h6-7,9-10H,5H2,1-4H3/t6-,7+,9-,10-/m0/s1. The lowest BCUT2D eigenvalue weighted by molar-refractivity contribution is -0.170. The molecule has 2 saturated heterocycles. The van der Waals surface area contributed by atoms with Gasteiger partial charge in [0, 0.05) is 6.42 Å². The number of carbonyl (C=O) groups excluding carboxylic acids is 1. The minimum absolute atomic E-state index is 0.0533. The van der Waals surface area contributed by atoms with Crippen LogP contribution in [0.25, 0.3) is 0 Å². The van der Waals surface area contributed by atoms with Gasteiger partial charge in [0.25, 0.3) is 0 Å². The number of ketones is 1. The molecule has 0 aromatic rings. The summed E-state index contributed by atoms with van der Waals surface area (Å²) >= 11 is 0. The van der Waals surface area contributed by atoms with E-state index in [1.807, 2.05) is 27.7 Å². The van der Waals surface area contributed by atoms with Crippen LogP contribution in [-0.2, 0) is 23.7 Å². The first-order chi connectivity index (χ1) is 7.77. The molecule has 3 rings (SSSR count). The minimum Gasteiger partial charge on any atom is -0.344 e. The topological polar surface area (TPSA) is 54.0 Å². The maximum atomic E-state index is 12.3. The highest BCUT2D eigenvalue weighted by atomic mass is 16.8. The minimum atomic E-state index is -0.695. The van der Waals surface area contributed by atoms with Crippen LogP contribution < -0.4 is 0 Å². The van der Waals surface area contributed by atoms with Crippen molar-refractivity contribution in [2.75, 3.05) is 0 Å². The highest BCUT2D eigenvalue weighted by Crippen LogP contribution is 2.41. The van der Waals surface area contributed by atoms with Crippen molar-refractivity contribution in [2.24, 2.45) is 0 Å². The molecule has 0 bridgehead atoms. The number of ether oxygens (including phenoxy) is 4. The van der Waals surface area contributed by atoms with E-state index in [0.29, 0.717) is 6.42 Å². The molecule has 5 nitrogen and oxygen atoms in total. The van der Waals surface area contributed by atoms with Crippen molar-refractivity contribution in [3.63, 3.8) is 0 Å². The number of hydrogen-bond donors (Lipinski definition) is 0. The summed E-state index contributed by atoms with van der Waals surface area (Å²) in [6.07, 6.45) is -0.798. The van der Waals surface area contributed by atoms with Crippen LogP contribution >= 0.6 is 0 Å². The van der Waals surface area contributed by atoms with Crippen molar-refractivity contribution in [3.05, 3.63) is 0 Å². The Hall–Kier alpha value is -0.490. The van der Waals surface area contributed by atoms with Crippen LogP contribution in [0, 0.1) is 0 Å². The Kier molecular flexibility index (Phi) is 2.24. The molecular formula is C12H18O5. The van der Waals surface area contributed by atoms with Crippen LogP contribution in [0.5, 0.6) is 0 Å². The lowest BCUT2D eigenvalue weighted by Crippen LogP contribution is -2.50. The van der Waals surface area contributed by atoms with Crippen molar-refractivity contribution in [1.29, 1.82) is 0 Å². The zero-order valence-electron chi connectivity index (χ0n) is 10.6. The quantitative estimate of drug-likeness (QED) is 0.634. The summed E-state index contributed by atoms with van der Waals surface area (Å²) in [6, 6.07) is 0. The van der Waals surface area contributed by atoms with Crippen LogP contribution in [-0.4, -0.2) is 41.8 Å². The molecule has 0 amide bonds. The molecule has 2 aliphatic heterocycles. The van der Waals surface area contributed by atoms with Gasteiger partial charge < -0.3 is 18.9 Å². The van der Waals surface area contributed by atoms with Crippen molar-refractivity contribution < 1.29 is 23.7 Å². The van der Waals surface area contributed by atoms with Gasteiger partial charge in [0.15, 0.2) is 17.4 Å². The zero-order chi connectivity index (χ0) is 12.4. The Morgan fingerprint density at radius 2 is 1.29 bits per heavy atom. The van der Waals surface area contributed by atoms with Gasteiger partial charge in [-0.25, -0.2) is 0 Å². The Bertz CT molecular complexity index is 330. The second kappa shape index (κ2) is 3.29. The van der Waals surface area contributed by atoms with E-state index in [1.54, 1.807) is 0 Å². The van der Waals surface area contributed by atoms with Gasteiger partial charge in [0.2, 0.25) is 0 Å². The first-order valence-electron chi connectivity index (χ1n) is 6.02. The van der Waals surface area contributed by atoms with Gasteiger partial charge in [-0.15, -0.1) is 0 Å². The molecule has 1 aliphatic carbocycles. The summed E-state index contributed by atoms with van der Waals surface area (Å²) in [4.78, 5) is 12.3. The average molecular weight is 242 g/mol. The number of carbonyl (C=O) groups is 1. The maximum absolute atomic E-state index is 12.3. The molecule has 3 aliphatic rings. The van der Waals surface area contributed by atoms with Gasteiger partial charge in [0.05, 0.1) is 12.2 Å². The molecule has 3 fully saturated rings. The van der Waals surface area contributed by atoms with E-state index in [4.69, 9.17) is 18.9 Å². The smallest absolute Gasteiger partial charge is 0.195 e. The van der Waals surface area contributed by atoms with E-state index in [-0.39, 0.29) is 18.0 Å². The highest BCUT2D eigenvalue weighted by molar-refractivity contribution is 5.90. The molecule has 0 aromatic heterocycles. The molecule has 0 radical (unpaired) electrons. The van der Waals surface area contributed by atoms with Gasteiger partial charge in [-0.05, 0) is 27.7 Å². The second-order valence-electron chi connectivity index (χ2n) is 5.83. The normalized spacial score (nSPS) is 46.7. The molecule has 2 heterocycles. The molecule has 1 saturated carbocycles. The van der Waals surface area contributed by atoms with Gasteiger partial charge in [0.1, 0.15) is 12.2 Å². The Balaban J connectivity index is 1.84. The predicted octanol–water partition coefficient (Wildman–Crippen LogP) is 0.999. The monoisotopic (exact) mass is 242 g/mol. The SMILES string of the molecule is CC1(C)O[C@H]2C[C@H]3OC(C)(C)O[C@@H]3C(=O)[C@H]2O1. The van der Waals surface area contributed by atoms with Gasteiger partial charge >= 0.3 is 0 Å². The van der Waals surface area contributed by atoms with Crippen LogP contribution in [0.1, 0.15) is 34.1 Å². The Labute approximate surface area is 100 Å². The third-order valence-corrected chi connectivity index (χ3v) is 3.39. The van der Waals surface area contributed by atoms with E-state index in [1.165, 1.54) is 0 Å². The van der Waals surface area contributed by atoms with E-state index < -0.39 is 23.8 Å². The summed E-state index contributed by atoms with van der Waals surface area (Å²) in [5.41, 5.74) is 0. The second-order valence-corrected chi connectivity index (χ2v) is 5.83. The van der Waals surface area contributed by atoms with E-state index >= 15 is 0 Å². The number of rotatable bonds is 0. The molecule has 0 N–H and O–H groups in total. The number of Topliss-reactive ketones (excluding diaryl/α,β-unsaturated/α-hetero) is 1. The maximum Gasteiger partial charge on any atom is 0.195 e. The molecule has 0 unspecified atom stereocenters. The summed E-state index contributed by atoms with van der Waals surface area (Å²) in [5, 5.41) is 0. The highest BCUT2D eigenvalue weighted by Gasteiger charge is 2.58. The fourth-order valence-corrected chi connectivity index (χ4v) is 2.89. The molecule has 0 aromatic carbocycles. The molecule has 17 heavy (non-hydrogen) atoms. The molecule has 96 valence electrons. The third-order valence-electron chi connectivity index (χ3n) is 3.39. The van der Waals surface area contributed by atoms with Crippen LogP contribution in [0.15, 0.2) is 0 Å². The number of hydrogen-bond acceptors (Lipinski definition) is 5. The number of fused-ring (bicyclic) bond motifs is 2. The summed E-state index contributed by atoms with van der Waals surface area (Å²) in [6.45, 7) is 7.28. The molecule has 4 atom stereocenters. The van der Waals surface area contributed by atoms with Gasteiger partial charge in [-0.3, -0.25) is 4.79 Å². The first kappa shape index (κ1) is 11.6. The lowest BCUT2D eigenvalue weighted by Gasteiger charge is -2.28. The molecule has 0 spiro atoms. The van der Waals surface area contributed by atoms with Gasteiger partial charge in [-0.1, -0.05) is 0 Å². The van der Waals surface area contributed by atoms with E-state index in [0.717, 1.165) is 0 Å². The lowest BCUT2D eigenvalue weighted by atomic mass is 9.89. The van der Waals surface area contributed by atoms with Crippen LogP contribution in [0.2, 0.25) is 0 Å². The Morgan fingerprint density at radius 3 is 1.71 bits per heavy atom. The van der Waals surface area contributed by atoms with E-state index in [9.17, 15) is 4.79 Å². The van der Waals surface area contributed by atoms with Crippen molar-refractivity contribution >= 4 is 5.78 Å². The summed E-state index contributed by atoms with van der Waals surface area (Å²) in [5.74, 6) is -1.44. The van der Waals surface area contributed by atoms with Crippen LogP contribution in [0.4, 0.5) is 0 Å². The Morgan fingerprint density at radius 1 is 0.882 bits per heavy atom. The van der Waals surface area contributed by atoms with Crippen molar-refractivity contribution in [3.8, 4) is 0 Å². The fraction of sp³-hybridized carbons (Fsp3) is 0.917. The van der Waals surface area contributed by atoms with Crippen LogP contribution in [0.3, 0.4) is 0 Å². The largest absolute Gasteiger partial charge is 0.344 e. The first-order valence-corrected chi connectivity index (χ1v) is 6.02. The fourth-order valence-electron chi connectivity index (χ4n) is 2.89. The van der Waals surface area contributed by atoms with Crippen molar-refractivity contribution in [2.45, 2.75) is 70.1 Å². The summed E-state index contributed by atoms with van der Waals surface area (Å²) < 4.78 is 22.7. The van der Waals surface area contributed by atoms with Crippen molar-refractivity contribution in [1.82, 2.24) is 0 Å². The zero-order valence-corrected chi connectivity index (χ0v) is 10.6. The average Bonchev–Trinajstić information content (AvgIpc) is 2.61. The van der Waals surface area contributed by atoms with E-state index in [2.05, 4.69) is 0 Å². The molecular weight excluding hydrogens is 224 g/mol. The van der Waals surface area contributed by atoms with Gasteiger partial charge in [-0.2, -0.15) is 0 Å². The third kappa shape index (κ3) is 1.81. The predicted molar refractivity (Wildman–Crippen MR) is 57.3 cm³/mol. The summed E-state index contributed by atoms with van der Waals surface area (Å²) in [7, 11) is 0. The molecule has 5 heteroatoms.